The minimum atomic E-state index is 0.503. The summed E-state index contributed by atoms with van der Waals surface area (Å²) in [7, 11) is 0. The number of aryl methyl sites for hydroxylation is 1. The molecule has 0 aromatic carbocycles. The van der Waals surface area contributed by atoms with Crippen molar-refractivity contribution >= 4 is 11.0 Å². The predicted molar refractivity (Wildman–Crippen MR) is 64.1 cm³/mol. The smallest absolute Gasteiger partial charge is 0.116 e. The van der Waals surface area contributed by atoms with Gasteiger partial charge in [0, 0.05) is 6.20 Å². The van der Waals surface area contributed by atoms with Crippen molar-refractivity contribution in [2.75, 3.05) is 0 Å². The first kappa shape index (κ1) is 11.7. The first-order chi connectivity index (χ1) is 7.20. The van der Waals surface area contributed by atoms with Gasteiger partial charge in [-0.25, -0.2) is 9.97 Å². The Labute approximate surface area is 91.0 Å². The number of rotatable bonds is 1. The maximum absolute atomic E-state index is 4.28. The number of nitrogens with one attached hydrogen (secondary N) is 1. The van der Waals surface area contributed by atoms with E-state index in [2.05, 4.69) is 28.8 Å². The van der Waals surface area contributed by atoms with Crippen molar-refractivity contribution in [2.24, 2.45) is 0 Å². The zero-order valence-electron chi connectivity index (χ0n) is 10.1. The molecule has 15 heavy (non-hydrogen) atoms. The number of hydrogen-bond acceptors (Lipinski definition) is 2. The fraction of sp³-hybridized carbons (Fsp3) is 0.500. The number of nitrogens with zero attached hydrogens (tertiary/aromatic N) is 2. The molecule has 0 spiro atoms. The van der Waals surface area contributed by atoms with Gasteiger partial charge in [0.25, 0.3) is 0 Å². The molecule has 0 fully saturated rings. The van der Waals surface area contributed by atoms with E-state index in [1.54, 1.807) is 6.33 Å². The fourth-order valence-corrected chi connectivity index (χ4v) is 1.52. The van der Waals surface area contributed by atoms with E-state index in [0.29, 0.717) is 5.92 Å². The Morgan fingerprint density at radius 1 is 1.20 bits per heavy atom. The Morgan fingerprint density at radius 2 is 1.87 bits per heavy atom. The monoisotopic (exact) mass is 205 g/mol. The molecule has 0 atom stereocenters. The lowest BCUT2D eigenvalue weighted by Crippen LogP contribution is -1.89. The third kappa shape index (κ3) is 2.17. The molecule has 0 aliphatic rings. The molecule has 1 N–H and O–H groups in total. The van der Waals surface area contributed by atoms with Crippen molar-refractivity contribution < 1.29 is 0 Å². The van der Waals surface area contributed by atoms with Gasteiger partial charge < -0.3 is 4.98 Å². The molecule has 82 valence electrons. The summed E-state index contributed by atoms with van der Waals surface area (Å²) in [6.07, 6.45) is 3.65. The van der Waals surface area contributed by atoms with Crippen LogP contribution in [-0.4, -0.2) is 15.0 Å². The van der Waals surface area contributed by atoms with Gasteiger partial charge >= 0.3 is 0 Å². The van der Waals surface area contributed by atoms with Gasteiger partial charge in [-0.15, -0.1) is 0 Å². The maximum atomic E-state index is 4.28. The van der Waals surface area contributed by atoms with Crippen molar-refractivity contribution in [1.29, 1.82) is 0 Å². The van der Waals surface area contributed by atoms with Crippen LogP contribution in [-0.2, 0) is 0 Å². The molecule has 0 saturated carbocycles. The molecule has 0 saturated heterocycles. The largest absolute Gasteiger partial charge is 0.358 e. The number of hydrogen-bond donors (Lipinski definition) is 1. The van der Waals surface area contributed by atoms with E-state index in [-0.39, 0.29) is 0 Å². The van der Waals surface area contributed by atoms with Crippen molar-refractivity contribution in [3.8, 4) is 0 Å². The van der Waals surface area contributed by atoms with Crippen molar-refractivity contribution in [2.45, 2.75) is 40.5 Å². The SMILES string of the molecule is CC.Cc1ncnc2c(C(C)C)c[nH]c12. The molecule has 2 aromatic heterocycles. The van der Waals surface area contributed by atoms with Crippen LogP contribution in [0, 0.1) is 6.92 Å². The zero-order chi connectivity index (χ0) is 11.4. The second-order valence-corrected chi connectivity index (χ2v) is 3.58. The van der Waals surface area contributed by atoms with E-state index in [1.807, 2.05) is 27.0 Å². The second-order valence-electron chi connectivity index (χ2n) is 3.58. The lowest BCUT2D eigenvalue weighted by atomic mass is 10.1. The first-order valence-electron chi connectivity index (χ1n) is 5.48. The van der Waals surface area contributed by atoms with Crippen LogP contribution in [0.25, 0.3) is 11.0 Å². The average Bonchev–Trinajstić information content (AvgIpc) is 2.66. The molecule has 2 rings (SSSR count). The number of H-pyrrole nitrogens is 1. The molecule has 2 aromatic rings. The van der Waals surface area contributed by atoms with E-state index in [9.17, 15) is 0 Å². The van der Waals surface area contributed by atoms with E-state index in [0.717, 1.165) is 16.7 Å². The van der Waals surface area contributed by atoms with Gasteiger partial charge in [-0.3, -0.25) is 0 Å². The summed E-state index contributed by atoms with van der Waals surface area (Å²) >= 11 is 0. The molecule has 0 aliphatic heterocycles. The van der Waals surface area contributed by atoms with E-state index in [1.165, 1.54) is 5.56 Å². The minimum absolute atomic E-state index is 0.503. The van der Waals surface area contributed by atoms with E-state index < -0.39 is 0 Å². The van der Waals surface area contributed by atoms with E-state index >= 15 is 0 Å². The summed E-state index contributed by atoms with van der Waals surface area (Å²) in [4.78, 5) is 11.6. The normalized spacial score (nSPS) is 10.3. The van der Waals surface area contributed by atoms with Gasteiger partial charge in [-0.2, -0.15) is 0 Å². The minimum Gasteiger partial charge on any atom is -0.358 e. The Bertz CT molecular complexity index is 429. The molecule has 0 unspecified atom stereocenters. The second kappa shape index (κ2) is 4.91. The van der Waals surface area contributed by atoms with Crippen LogP contribution in [0.1, 0.15) is 44.9 Å². The van der Waals surface area contributed by atoms with Gasteiger partial charge in [0.15, 0.2) is 0 Å². The lowest BCUT2D eigenvalue weighted by molar-refractivity contribution is 0.872. The van der Waals surface area contributed by atoms with Crippen LogP contribution < -0.4 is 0 Å². The van der Waals surface area contributed by atoms with Crippen molar-refractivity contribution in [1.82, 2.24) is 15.0 Å². The Morgan fingerprint density at radius 3 is 2.47 bits per heavy atom. The summed E-state index contributed by atoms with van der Waals surface area (Å²) in [6, 6.07) is 0. The molecular weight excluding hydrogens is 186 g/mol. The van der Waals surface area contributed by atoms with Crippen LogP contribution in [0.2, 0.25) is 0 Å². The zero-order valence-corrected chi connectivity index (χ0v) is 10.1. The molecule has 0 bridgehead atoms. The lowest BCUT2D eigenvalue weighted by Gasteiger charge is -2.00. The average molecular weight is 205 g/mol. The highest BCUT2D eigenvalue weighted by Gasteiger charge is 2.09. The molecule has 3 heteroatoms. The summed E-state index contributed by atoms with van der Waals surface area (Å²) in [6.45, 7) is 10.3. The number of fused-ring (bicyclic) bond motifs is 1. The van der Waals surface area contributed by atoms with Gasteiger partial charge in [0.2, 0.25) is 0 Å². The van der Waals surface area contributed by atoms with Crippen molar-refractivity contribution in [3.63, 3.8) is 0 Å². The van der Waals surface area contributed by atoms with Gasteiger partial charge in [0.1, 0.15) is 6.33 Å². The highest BCUT2D eigenvalue weighted by Crippen LogP contribution is 2.23. The van der Waals surface area contributed by atoms with Crippen LogP contribution >= 0.6 is 0 Å². The van der Waals surface area contributed by atoms with Crippen LogP contribution in [0.15, 0.2) is 12.5 Å². The predicted octanol–water partition coefficient (Wildman–Crippen LogP) is 3.42. The van der Waals surface area contributed by atoms with Gasteiger partial charge in [-0.1, -0.05) is 27.7 Å². The highest BCUT2D eigenvalue weighted by molar-refractivity contribution is 5.80. The quantitative estimate of drug-likeness (QED) is 0.775. The van der Waals surface area contributed by atoms with Crippen LogP contribution in [0.4, 0.5) is 0 Å². The standard InChI is InChI=1S/C10H13N3.C2H6/c1-6(2)8-4-11-9-7(3)12-5-13-10(8)9;1-2/h4-6,11H,1-3H3;1-2H3. The van der Waals surface area contributed by atoms with E-state index in [4.69, 9.17) is 0 Å². The van der Waals surface area contributed by atoms with Crippen molar-refractivity contribution in [3.05, 3.63) is 23.8 Å². The molecule has 3 nitrogen and oxygen atoms in total. The van der Waals surface area contributed by atoms with Gasteiger partial charge in [-0.05, 0) is 18.4 Å². The third-order valence-electron chi connectivity index (χ3n) is 2.30. The Kier molecular flexibility index (Phi) is 3.83. The summed E-state index contributed by atoms with van der Waals surface area (Å²) < 4.78 is 0. The maximum Gasteiger partial charge on any atom is 0.116 e. The number of aromatic nitrogens is 3. The topological polar surface area (TPSA) is 41.6 Å². The first-order valence-corrected chi connectivity index (χ1v) is 5.48. The highest BCUT2D eigenvalue weighted by atomic mass is 14.9. The Hall–Kier alpha value is -1.38. The van der Waals surface area contributed by atoms with Crippen LogP contribution in [0.5, 0.6) is 0 Å². The third-order valence-corrected chi connectivity index (χ3v) is 2.30. The van der Waals surface area contributed by atoms with Crippen LogP contribution in [0.3, 0.4) is 0 Å². The molecule has 0 aliphatic carbocycles. The molecular formula is C12H19N3. The summed E-state index contributed by atoms with van der Waals surface area (Å²) in [5.74, 6) is 0.503. The molecule has 2 heterocycles. The summed E-state index contributed by atoms with van der Waals surface area (Å²) in [5.41, 5.74) is 4.39. The summed E-state index contributed by atoms with van der Waals surface area (Å²) in [5, 5.41) is 0. The Balaban J connectivity index is 0.000000531. The molecule has 0 amide bonds. The molecule has 0 radical (unpaired) electrons. The van der Waals surface area contributed by atoms with Gasteiger partial charge in [0.05, 0.1) is 16.7 Å². The fourth-order valence-electron chi connectivity index (χ4n) is 1.52. The number of aromatic amines is 1.